The molecular formula is C16H24N4. The summed E-state index contributed by atoms with van der Waals surface area (Å²) in [6, 6.07) is 2.66. The molecule has 0 radical (unpaired) electrons. The van der Waals surface area contributed by atoms with Crippen LogP contribution in [0.3, 0.4) is 0 Å². The van der Waals surface area contributed by atoms with Crippen molar-refractivity contribution < 1.29 is 0 Å². The van der Waals surface area contributed by atoms with Gasteiger partial charge < -0.3 is 10.2 Å². The largest absolute Gasteiger partial charge is 0.367 e. The molecule has 2 heterocycles. The maximum absolute atomic E-state index is 4.31. The molecule has 1 aromatic heterocycles. The second-order valence-corrected chi connectivity index (χ2v) is 7.22. The summed E-state index contributed by atoms with van der Waals surface area (Å²) in [5, 5.41) is 3.57. The van der Waals surface area contributed by atoms with Crippen molar-refractivity contribution >= 4 is 5.82 Å². The number of nitrogens with one attached hydrogen (secondary N) is 1. The summed E-state index contributed by atoms with van der Waals surface area (Å²) in [4.78, 5) is 11.2. The molecule has 1 spiro atoms. The van der Waals surface area contributed by atoms with Gasteiger partial charge in [-0.15, -0.1) is 0 Å². The lowest BCUT2D eigenvalue weighted by Crippen LogP contribution is -2.47. The molecule has 3 fully saturated rings. The summed E-state index contributed by atoms with van der Waals surface area (Å²) >= 11 is 0. The zero-order valence-corrected chi connectivity index (χ0v) is 12.3. The highest BCUT2D eigenvalue weighted by molar-refractivity contribution is 5.37. The third-order valence-electron chi connectivity index (χ3n) is 5.25. The average molecular weight is 272 g/mol. The first-order chi connectivity index (χ1) is 9.71. The van der Waals surface area contributed by atoms with Gasteiger partial charge in [-0.3, -0.25) is 0 Å². The highest BCUT2D eigenvalue weighted by atomic mass is 15.2. The number of aromatic nitrogens is 2. The Kier molecular flexibility index (Phi) is 2.95. The molecule has 1 aromatic rings. The summed E-state index contributed by atoms with van der Waals surface area (Å²) in [5.74, 6) is 2.02. The molecule has 1 aliphatic heterocycles. The van der Waals surface area contributed by atoms with E-state index in [9.17, 15) is 0 Å². The van der Waals surface area contributed by atoms with Crippen LogP contribution in [0.1, 0.15) is 37.8 Å². The number of nitrogens with zero attached hydrogens (tertiary/aromatic N) is 3. The topological polar surface area (TPSA) is 41.0 Å². The van der Waals surface area contributed by atoms with E-state index in [1.54, 1.807) is 6.33 Å². The molecule has 4 rings (SSSR count). The fourth-order valence-electron chi connectivity index (χ4n) is 4.01. The van der Waals surface area contributed by atoms with E-state index in [-0.39, 0.29) is 0 Å². The Morgan fingerprint density at radius 3 is 2.95 bits per heavy atom. The third-order valence-corrected chi connectivity index (χ3v) is 5.25. The van der Waals surface area contributed by atoms with E-state index in [4.69, 9.17) is 0 Å². The molecule has 2 aliphatic carbocycles. The van der Waals surface area contributed by atoms with Gasteiger partial charge in [0, 0.05) is 30.9 Å². The van der Waals surface area contributed by atoms with Crippen LogP contribution >= 0.6 is 0 Å². The molecule has 1 saturated heterocycles. The molecule has 4 nitrogen and oxygen atoms in total. The Morgan fingerprint density at radius 1 is 1.35 bits per heavy atom. The highest BCUT2D eigenvalue weighted by Crippen LogP contribution is 2.49. The lowest BCUT2D eigenvalue weighted by molar-refractivity contribution is 0.120. The van der Waals surface area contributed by atoms with Gasteiger partial charge in [0.1, 0.15) is 12.1 Å². The van der Waals surface area contributed by atoms with Crippen LogP contribution in [-0.2, 0) is 0 Å². The molecule has 4 heteroatoms. The van der Waals surface area contributed by atoms with Crippen LogP contribution in [0, 0.1) is 18.3 Å². The maximum atomic E-state index is 4.31. The van der Waals surface area contributed by atoms with Crippen LogP contribution in [0.25, 0.3) is 0 Å². The van der Waals surface area contributed by atoms with Crippen molar-refractivity contribution in [1.29, 1.82) is 0 Å². The predicted molar refractivity (Wildman–Crippen MR) is 79.6 cm³/mol. The molecule has 0 amide bonds. The van der Waals surface area contributed by atoms with Gasteiger partial charge >= 0.3 is 0 Å². The minimum atomic E-state index is 0.616. The van der Waals surface area contributed by atoms with Crippen LogP contribution < -0.4 is 5.32 Å². The van der Waals surface area contributed by atoms with Gasteiger partial charge in [-0.25, -0.2) is 9.97 Å². The Balaban J connectivity index is 1.29. The Hall–Kier alpha value is -1.16. The van der Waals surface area contributed by atoms with Crippen molar-refractivity contribution in [2.45, 2.75) is 45.1 Å². The van der Waals surface area contributed by atoms with Crippen LogP contribution in [-0.4, -0.2) is 40.5 Å². The van der Waals surface area contributed by atoms with E-state index in [0.717, 1.165) is 17.4 Å². The summed E-state index contributed by atoms with van der Waals surface area (Å²) < 4.78 is 0. The first-order valence-electron chi connectivity index (χ1n) is 7.98. The molecule has 0 aromatic carbocycles. The van der Waals surface area contributed by atoms with Crippen LogP contribution in [0.4, 0.5) is 5.82 Å². The summed E-state index contributed by atoms with van der Waals surface area (Å²) in [7, 11) is 0. The molecule has 0 bridgehead atoms. The summed E-state index contributed by atoms with van der Waals surface area (Å²) in [5.41, 5.74) is 1.65. The number of likely N-dealkylation sites (tertiary alicyclic amines) is 1. The molecule has 108 valence electrons. The van der Waals surface area contributed by atoms with Gasteiger partial charge in [-0.05, 0) is 56.9 Å². The number of aryl methyl sites for hydroxylation is 1. The number of anilines is 1. The molecule has 0 unspecified atom stereocenters. The smallest absolute Gasteiger partial charge is 0.129 e. The van der Waals surface area contributed by atoms with Gasteiger partial charge in [-0.1, -0.05) is 0 Å². The third kappa shape index (κ3) is 2.53. The van der Waals surface area contributed by atoms with Crippen LogP contribution in [0.5, 0.6) is 0 Å². The summed E-state index contributed by atoms with van der Waals surface area (Å²) in [6.45, 7) is 6.05. The number of rotatable bonds is 4. The normalized spacial score (nSPS) is 33.4. The molecule has 1 N–H and O–H groups in total. The quantitative estimate of drug-likeness (QED) is 0.914. The van der Waals surface area contributed by atoms with Crippen molar-refractivity contribution in [2.24, 2.45) is 11.3 Å². The van der Waals surface area contributed by atoms with Crippen LogP contribution in [0.15, 0.2) is 12.4 Å². The van der Waals surface area contributed by atoms with E-state index in [1.807, 2.05) is 13.0 Å². The minimum Gasteiger partial charge on any atom is -0.367 e. The van der Waals surface area contributed by atoms with Gasteiger partial charge in [0.25, 0.3) is 0 Å². The maximum Gasteiger partial charge on any atom is 0.129 e. The van der Waals surface area contributed by atoms with E-state index in [2.05, 4.69) is 20.2 Å². The predicted octanol–water partition coefficient (Wildman–Crippen LogP) is 2.46. The summed E-state index contributed by atoms with van der Waals surface area (Å²) in [6.07, 6.45) is 8.63. The lowest BCUT2D eigenvalue weighted by atomic mass is 9.65. The standard InChI is InChI=1S/C16H24N4/c1-12-6-15(18-11-17-12)19-14-7-16(8-14)4-5-20(10-16)9-13-2-3-13/h6,11,13-14H,2-5,7-10H2,1H3,(H,17,18,19). The minimum absolute atomic E-state index is 0.616. The van der Waals surface area contributed by atoms with Crippen molar-refractivity contribution in [3.8, 4) is 0 Å². The van der Waals surface area contributed by atoms with Gasteiger partial charge in [0.05, 0.1) is 0 Å². The van der Waals surface area contributed by atoms with E-state index < -0.39 is 0 Å². The van der Waals surface area contributed by atoms with Crippen LogP contribution in [0.2, 0.25) is 0 Å². The van der Waals surface area contributed by atoms with Crippen molar-refractivity contribution in [2.75, 3.05) is 25.0 Å². The van der Waals surface area contributed by atoms with E-state index in [0.29, 0.717) is 11.5 Å². The van der Waals surface area contributed by atoms with Crippen molar-refractivity contribution in [3.05, 3.63) is 18.1 Å². The highest BCUT2D eigenvalue weighted by Gasteiger charge is 2.48. The van der Waals surface area contributed by atoms with Gasteiger partial charge in [-0.2, -0.15) is 0 Å². The monoisotopic (exact) mass is 272 g/mol. The number of hydrogen-bond acceptors (Lipinski definition) is 4. The Morgan fingerprint density at radius 2 is 2.20 bits per heavy atom. The Bertz CT molecular complexity index is 491. The zero-order chi connectivity index (χ0) is 13.6. The van der Waals surface area contributed by atoms with Crippen molar-refractivity contribution in [1.82, 2.24) is 14.9 Å². The molecule has 20 heavy (non-hydrogen) atoms. The SMILES string of the molecule is Cc1cc(NC2CC3(CCN(CC4CC4)C3)C2)ncn1. The molecular weight excluding hydrogens is 248 g/mol. The molecule has 0 atom stereocenters. The number of hydrogen-bond donors (Lipinski definition) is 1. The first-order valence-corrected chi connectivity index (χ1v) is 7.98. The second kappa shape index (κ2) is 4.69. The fourth-order valence-corrected chi connectivity index (χ4v) is 4.01. The molecule has 3 aliphatic rings. The average Bonchev–Trinajstić information content (AvgIpc) is 3.08. The van der Waals surface area contributed by atoms with Crippen molar-refractivity contribution in [3.63, 3.8) is 0 Å². The second-order valence-electron chi connectivity index (χ2n) is 7.22. The van der Waals surface area contributed by atoms with E-state index >= 15 is 0 Å². The Labute approximate surface area is 121 Å². The van der Waals surface area contributed by atoms with E-state index in [1.165, 1.54) is 51.7 Å². The van der Waals surface area contributed by atoms with Gasteiger partial charge in [0.2, 0.25) is 0 Å². The van der Waals surface area contributed by atoms with Gasteiger partial charge in [0.15, 0.2) is 0 Å². The zero-order valence-electron chi connectivity index (χ0n) is 12.3. The first kappa shape index (κ1) is 12.6. The fraction of sp³-hybridized carbons (Fsp3) is 0.750. The lowest BCUT2D eigenvalue weighted by Gasteiger charge is -2.45. The molecule has 2 saturated carbocycles.